The van der Waals surface area contributed by atoms with E-state index in [2.05, 4.69) is 13.0 Å². The van der Waals surface area contributed by atoms with Crippen molar-refractivity contribution in [3.63, 3.8) is 0 Å². The fourth-order valence-electron chi connectivity index (χ4n) is 1.95. The highest BCUT2D eigenvalue weighted by Crippen LogP contribution is 2.44. The molecule has 2 N–H and O–H groups in total. The summed E-state index contributed by atoms with van der Waals surface area (Å²) < 4.78 is 0. The van der Waals surface area contributed by atoms with E-state index in [1.54, 1.807) is 0 Å². The van der Waals surface area contributed by atoms with E-state index in [1.807, 2.05) is 18.2 Å². The Hall–Kier alpha value is -0.530. The van der Waals surface area contributed by atoms with Crippen LogP contribution in [-0.4, -0.2) is 0 Å². The van der Waals surface area contributed by atoms with Gasteiger partial charge in [-0.3, -0.25) is 0 Å². The van der Waals surface area contributed by atoms with Crippen LogP contribution < -0.4 is 5.73 Å². The van der Waals surface area contributed by atoms with Gasteiger partial charge in [0.15, 0.2) is 0 Å². The lowest BCUT2D eigenvalue weighted by atomic mass is 9.65. The summed E-state index contributed by atoms with van der Waals surface area (Å²) in [5.74, 6) is 0.575. The highest BCUT2D eigenvalue weighted by Gasteiger charge is 2.41. The van der Waals surface area contributed by atoms with Crippen molar-refractivity contribution in [1.82, 2.24) is 0 Å². The van der Waals surface area contributed by atoms with Gasteiger partial charge in [0.05, 0.1) is 0 Å². The Bertz CT molecular complexity index is 324. The van der Waals surface area contributed by atoms with Crippen molar-refractivity contribution >= 4 is 11.6 Å². The second kappa shape index (κ2) is 3.00. The predicted octanol–water partition coefficient (Wildman–Crippen LogP) is 2.92. The third-order valence-electron chi connectivity index (χ3n) is 3.23. The minimum atomic E-state index is -0.120. The Morgan fingerprint density at radius 2 is 2.31 bits per heavy atom. The molecular formula is C11H14ClN. The molecular weight excluding hydrogens is 182 g/mol. The van der Waals surface area contributed by atoms with Crippen LogP contribution in [0.2, 0.25) is 5.02 Å². The van der Waals surface area contributed by atoms with Gasteiger partial charge in [-0.1, -0.05) is 30.7 Å². The number of halogens is 1. The molecule has 1 aliphatic carbocycles. The quantitative estimate of drug-likeness (QED) is 0.733. The molecule has 1 saturated carbocycles. The first-order valence-corrected chi connectivity index (χ1v) is 5.05. The first-order chi connectivity index (χ1) is 6.13. The predicted molar refractivity (Wildman–Crippen MR) is 55.7 cm³/mol. The molecule has 1 aromatic carbocycles. The Morgan fingerprint density at radius 3 is 2.77 bits per heavy atom. The van der Waals surface area contributed by atoms with Gasteiger partial charge in [0.2, 0.25) is 0 Å². The van der Waals surface area contributed by atoms with E-state index >= 15 is 0 Å². The van der Waals surface area contributed by atoms with Crippen LogP contribution in [-0.2, 0) is 5.54 Å². The fraction of sp³-hybridized carbons (Fsp3) is 0.455. The SMILES string of the molecule is CC1CCC1(N)c1cccc(Cl)c1. The molecule has 1 nitrogen and oxygen atoms in total. The Balaban J connectivity index is 2.35. The molecule has 2 rings (SSSR count). The van der Waals surface area contributed by atoms with Gasteiger partial charge >= 0.3 is 0 Å². The number of nitrogens with two attached hydrogens (primary N) is 1. The average Bonchev–Trinajstić information content (AvgIpc) is 2.14. The molecule has 0 spiro atoms. The molecule has 70 valence electrons. The molecule has 0 bridgehead atoms. The summed E-state index contributed by atoms with van der Waals surface area (Å²) in [6.45, 7) is 2.20. The smallest absolute Gasteiger partial charge is 0.0436 e. The number of hydrogen-bond donors (Lipinski definition) is 1. The van der Waals surface area contributed by atoms with Crippen LogP contribution in [0.1, 0.15) is 25.3 Å². The van der Waals surface area contributed by atoms with Crippen molar-refractivity contribution in [3.8, 4) is 0 Å². The van der Waals surface area contributed by atoms with E-state index in [9.17, 15) is 0 Å². The van der Waals surface area contributed by atoms with Gasteiger partial charge in [0.1, 0.15) is 0 Å². The summed E-state index contributed by atoms with van der Waals surface area (Å²) in [4.78, 5) is 0. The van der Waals surface area contributed by atoms with Crippen LogP contribution in [0.3, 0.4) is 0 Å². The molecule has 0 heterocycles. The molecule has 0 amide bonds. The van der Waals surface area contributed by atoms with Gasteiger partial charge in [0, 0.05) is 10.6 Å². The molecule has 2 unspecified atom stereocenters. The van der Waals surface area contributed by atoms with Crippen molar-refractivity contribution in [2.45, 2.75) is 25.3 Å². The second-order valence-corrected chi connectivity index (χ2v) is 4.43. The number of rotatable bonds is 1. The molecule has 2 heteroatoms. The highest BCUT2D eigenvalue weighted by molar-refractivity contribution is 6.30. The molecule has 0 aliphatic heterocycles. The van der Waals surface area contributed by atoms with Gasteiger partial charge in [-0.25, -0.2) is 0 Å². The maximum absolute atomic E-state index is 6.28. The average molecular weight is 196 g/mol. The summed E-state index contributed by atoms with van der Waals surface area (Å²) >= 11 is 5.92. The number of hydrogen-bond acceptors (Lipinski definition) is 1. The minimum absolute atomic E-state index is 0.120. The molecule has 0 radical (unpaired) electrons. The lowest BCUT2D eigenvalue weighted by Gasteiger charge is -2.45. The molecule has 13 heavy (non-hydrogen) atoms. The van der Waals surface area contributed by atoms with E-state index < -0.39 is 0 Å². The molecule has 0 aromatic heterocycles. The fourth-order valence-corrected chi connectivity index (χ4v) is 2.14. The minimum Gasteiger partial charge on any atom is -0.321 e. The first kappa shape index (κ1) is 9.04. The van der Waals surface area contributed by atoms with Crippen LogP contribution in [0.25, 0.3) is 0 Å². The van der Waals surface area contributed by atoms with E-state index in [0.29, 0.717) is 5.92 Å². The zero-order valence-corrected chi connectivity index (χ0v) is 8.51. The third-order valence-corrected chi connectivity index (χ3v) is 3.47. The van der Waals surface area contributed by atoms with Crippen LogP contribution in [0.4, 0.5) is 0 Å². The molecule has 1 aromatic rings. The van der Waals surface area contributed by atoms with Gasteiger partial charge in [-0.15, -0.1) is 0 Å². The summed E-state index contributed by atoms with van der Waals surface area (Å²) in [5, 5.41) is 0.779. The van der Waals surface area contributed by atoms with E-state index in [1.165, 1.54) is 12.0 Å². The maximum atomic E-state index is 6.28. The van der Waals surface area contributed by atoms with E-state index in [-0.39, 0.29) is 5.54 Å². The maximum Gasteiger partial charge on any atom is 0.0436 e. The Labute approximate surface area is 83.9 Å². The van der Waals surface area contributed by atoms with Crippen molar-refractivity contribution in [2.75, 3.05) is 0 Å². The van der Waals surface area contributed by atoms with Gasteiger partial charge < -0.3 is 5.73 Å². The topological polar surface area (TPSA) is 26.0 Å². The Morgan fingerprint density at radius 1 is 1.54 bits per heavy atom. The molecule has 1 fully saturated rings. The van der Waals surface area contributed by atoms with Gasteiger partial charge in [-0.05, 0) is 36.5 Å². The van der Waals surface area contributed by atoms with Crippen LogP contribution in [0.5, 0.6) is 0 Å². The van der Waals surface area contributed by atoms with Gasteiger partial charge in [-0.2, -0.15) is 0 Å². The standard InChI is InChI=1S/C11H14ClN/c1-8-5-6-11(8,13)9-3-2-4-10(12)7-9/h2-4,7-8H,5-6,13H2,1H3. The molecule has 1 aliphatic rings. The highest BCUT2D eigenvalue weighted by atomic mass is 35.5. The molecule has 2 atom stereocenters. The molecule has 0 saturated heterocycles. The van der Waals surface area contributed by atoms with Crippen molar-refractivity contribution in [3.05, 3.63) is 34.9 Å². The number of benzene rings is 1. The van der Waals surface area contributed by atoms with E-state index in [0.717, 1.165) is 11.4 Å². The van der Waals surface area contributed by atoms with Crippen LogP contribution in [0.15, 0.2) is 24.3 Å². The van der Waals surface area contributed by atoms with Crippen molar-refractivity contribution < 1.29 is 0 Å². The lowest BCUT2D eigenvalue weighted by Crippen LogP contribution is -2.50. The normalized spacial score (nSPS) is 32.7. The van der Waals surface area contributed by atoms with Crippen molar-refractivity contribution in [1.29, 1.82) is 0 Å². The van der Waals surface area contributed by atoms with Crippen LogP contribution in [0, 0.1) is 5.92 Å². The lowest BCUT2D eigenvalue weighted by molar-refractivity contribution is 0.145. The summed E-state index contributed by atoms with van der Waals surface area (Å²) in [6.07, 6.45) is 2.30. The zero-order chi connectivity index (χ0) is 9.47. The summed E-state index contributed by atoms with van der Waals surface area (Å²) in [5.41, 5.74) is 7.34. The van der Waals surface area contributed by atoms with Gasteiger partial charge in [0.25, 0.3) is 0 Å². The summed E-state index contributed by atoms with van der Waals surface area (Å²) in [7, 11) is 0. The summed E-state index contributed by atoms with van der Waals surface area (Å²) in [6, 6.07) is 7.91. The Kier molecular flexibility index (Phi) is 2.09. The third kappa shape index (κ3) is 1.36. The van der Waals surface area contributed by atoms with E-state index in [4.69, 9.17) is 17.3 Å². The first-order valence-electron chi connectivity index (χ1n) is 4.68. The largest absolute Gasteiger partial charge is 0.321 e. The van der Waals surface area contributed by atoms with Crippen LogP contribution >= 0.6 is 11.6 Å². The monoisotopic (exact) mass is 195 g/mol. The zero-order valence-electron chi connectivity index (χ0n) is 7.76. The second-order valence-electron chi connectivity index (χ2n) is 3.99. The van der Waals surface area contributed by atoms with Crippen molar-refractivity contribution in [2.24, 2.45) is 11.7 Å².